The summed E-state index contributed by atoms with van der Waals surface area (Å²) >= 11 is 0. The van der Waals surface area contributed by atoms with Crippen molar-refractivity contribution in [3.05, 3.63) is 29.7 Å². The fourth-order valence-corrected chi connectivity index (χ4v) is 2.87. The molecule has 6 nitrogen and oxygen atoms in total. The molecule has 2 aromatic heterocycles. The standard InChI is InChI=1S/C18H28N4O2/c1-5-21(6-2)12-8-7-11-19-18(23)16-14(3)20-17-15(24-4)10-9-13-22(16)17/h9-10,13H,5-8,11-12H2,1-4H3,(H,19,23). The predicted molar refractivity (Wildman–Crippen MR) is 95.8 cm³/mol. The zero-order valence-corrected chi connectivity index (χ0v) is 15.1. The van der Waals surface area contributed by atoms with Crippen LogP contribution in [0.15, 0.2) is 18.3 Å². The van der Waals surface area contributed by atoms with E-state index >= 15 is 0 Å². The minimum Gasteiger partial charge on any atom is -0.493 e. The Balaban J connectivity index is 1.96. The molecule has 0 unspecified atom stereocenters. The highest BCUT2D eigenvalue weighted by Crippen LogP contribution is 2.21. The van der Waals surface area contributed by atoms with E-state index in [0.29, 0.717) is 29.3 Å². The van der Waals surface area contributed by atoms with E-state index in [9.17, 15) is 4.79 Å². The molecule has 0 fully saturated rings. The highest BCUT2D eigenvalue weighted by atomic mass is 16.5. The van der Waals surface area contributed by atoms with Crippen LogP contribution in [0.25, 0.3) is 5.65 Å². The summed E-state index contributed by atoms with van der Waals surface area (Å²) in [5.41, 5.74) is 1.96. The first kappa shape index (κ1) is 18.3. The molecule has 0 aliphatic heterocycles. The van der Waals surface area contributed by atoms with Crippen molar-refractivity contribution in [2.24, 2.45) is 0 Å². The van der Waals surface area contributed by atoms with Gasteiger partial charge in [-0.05, 0) is 51.5 Å². The van der Waals surface area contributed by atoms with E-state index in [1.807, 2.05) is 25.3 Å². The van der Waals surface area contributed by atoms with Crippen molar-refractivity contribution in [2.45, 2.75) is 33.6 Å². The van der Waals surface area contributed by atoms with Crippen LogP contribution in [0.2, 0.25) is 0 Å². The number of imidazole rings is 1. The van der Waals surface area contributed by atoms with E-state index in [0.717, 1.165) is 32.5 Å². The molecule has 1 N–H and O–H groups in total. The van der Waals surface area contributed by atoms with Crippen LogP contribution < -0.4 is 10.1 Å². The highest BCUT2D eigenvalue weighted by molar-refractivity contribution is 5.94. The normalized spacial score (nSPS) is 11.2. The topological polar surface area (TPSA) is 58.9 Å². The van der Waals surface area contributed by atoms with E-state index in [-0.39, 0.29) is 5.91 Å². The molecule has 0 bridgehead atoms. The van der Waals surface area contributed by atoms with Gasteiger partial charge in [0.2, 0.25) is 0 Å². The zero-order valence-electron chi connectivity index (χ0n) is 15.1. The minimum atomic E-state index is -0.0870. The van der Waals surface area contributed by atoms with Crippen molar-refractivity contribution in [3.63, 3.8) is 0 Å². The molecule has 0 aliphatic carbocycles. The van der Waals surface area contributed by atoms with Crippen LogP contribution in [0.1, 0.15) is 42.9 Å². The Morgan fingerprint density at radius 1 is 1.33 bits per heavy atom. The summed E-state index contributed by atoms with van der Waals surface area (Å²) in [6, 6.07) is 3.70. The van der Waals surface area contributed by atoms with Crippen molar-refractivity contribution >= 4 is 11.6 Å². The summed E-state index contributed by atoms with van der Waals surface area (Å²) in [7, 11) is 1.61. The summed E-state index contributed by atoms with van der Waals surface area (Å²) in [5.74, 6) is 0.579. The van der Waals surface area contributed by atoms with Gasteiger partial charge in [0.1, 0.15) is 5.69 Å². The number of methoxy groups -OCH3 is 1. The summed E-state index contributed by atoms with van der Waals surface area (Å²) in [6.45, 7) is 10.1. The Morgan fingerprint density at radius 2 is 2.08 bits per heavy atom. The Labute approximate surface area is 143 Å². The van der Waals surface area contributed by atoms with Crippen LogP contribution in [0, 0.1) is 6.92 Å². The second kappa shape index (κ2) is 8.68. The molecule has 2 aromatic rings. The summed E-state index contributed by atoms with van der Waals surface area (Å²) in [4.78, 5) is 19.4. The van der Waals surface area contributed by atoms with Gasteiger partial charge in [-0.1, -0.05) is 13.8 Å². The van der Waals surface area contributed by atoms with Crippen LogP contribution in [0.3, 0.4) is 0 Å². The van der Waals surface area contributed by atoms with E-state index in [1.54, 1.807) is 11.5 Å². The average Bonchev–Trinajstić information content (AvgIpc) is 2.93. The smallest absolute Gasteiger partial charge is 0.270 e. The fourth-order valence-electron chi connectivity index (χ4n) is 2.87. The third-order valence-corrected chi connectivity index (χ3v) is 4.30. The molecule has 0 saturated heterocycles. The molecule has 0 atom stereocenters. The molecule has 2 heterocycles. The summed E-state index contributed by atoms with van der Waals surface area (Å²) < 4.78 is 7.10. The van der Waals surface area contributed by atoms with Gasteiger partial charge in [0.05, 0.1) is 12.8 Å². The number of pyridine rings is 1. The second-order valence-corrected chi connectivity index (χ2v) is 5.81. The van der Waals surface area contributed by atoms with Gasteiger partial charge in [-0.3, -0.25) is 9.20 Å². The molecular formula is C18H28N4O2. The van der Waals surface area contributed by atoms with Gasteiger partial charge in [0.25, 0.3) is 5.91 Å². The molecular weight excluding hydrogens is 304 g/mol. The number of ether oxygens (including phenoxy) is 1. The lowest BCUT2D eigenvalue weighted by molar-refractivity contribution is 0.0946. The summed E-state index contributed by atoms with van der Waals surface area (Å²) in [5, 5.41) is 3.01. The monoisotopic (exact) mass is 332 g/mol. The lowest BCUT2D eigenvalue weighted by Gasteiger charge is -2.17. The first-order valence-electron chi connectivity index (χ1n) is 8.64. The number of nitrogens with one attached hydrogen (secondary N) is 1. The number of amides is 1. The first-order valence-corrected chi connectivity index (χ1v) is 8.64. The van der Waals surface area contributed by atoms with Crippen LogP contribution in [0.5, 0.6) is 5.75 Å². The molecule has 132 valence electrons. The van der Waals surface area contributed by atoms with Gasteiger partial charge in [-0.2, -0.15) is 0 Å². The highest BCUT2D eigenvalue weighted by Gasteiger charge is 2.18. The first-order chi connectivity index (χ1) is 11.6. The molecule has 24 heavy (non-hydrogen) atoms. The molecule has 0 aromatic carbocycles. The number of aryl methyl sites for hydroxylation is 1. The van der Waals surface area contributed by atoms with Gasteiger partial charge in [0, 0.05) is 12.7 Å². The minimum absolute atomic E-state index is 0.0870. The average molecular weight is 332 g/mol. The maximum Gasteiger partial charge on any atom is 0.270 e. The third kappa shape index (κ3) is 4.06. The number of aromatic nitrogens is 2. The van der Waals surface area contributed by atoms with E-state index in [4.69, 9.17) is 4.74 Å². The number of nitrogens with zero attached hydrogens (tertiary/aromatic N) is 3. The maximum absolute atomic E-state index is 12.5. The number of carbonyl (C=O) groups is 1. The number of unbranched alkanes of at least 4 members (excludes halogenated alkanes) is 1. The lowest BCUT2D eigenvalue weighted by Crippen LogP contribution is -2.28. The fraction of sp³-hybridized carbons (Fsp3) is 0.556. The quantitative estimate of drug-likeness (QED) is 0.717. The molecule has 2 rings (SSSR count). The van der Waals surface area contributed by atoms with Gasteiger partial charge < -0.3 is 15.0 Å². The Bertz CT molecular complexity index is 677. The second-order valence-electron chi connectivity index (χ2n) is 5.81. The lowest BCUT2D eigenvalue weighted by atomic mass is 10.2. The summed E-state index contributed by atoms with van der Waals surface area (Å²) in [6.07, 6.45) is 3.90. The molecule has 0 saturated carbocycles. The molecule has 0 radical (unpaired) electrons. The van der Waals surface area contributed by atoms with Crippen molar-refractivity contribution in [3.8, 4) is 5.75 Å². The van der Waals surface area contributed by atoms with Crippen LogP contribution in [-0.2, 0) is 0 Å². The van der Waals surface area contributed by atoms with Gasteiger partial charge in [-0.25, -0.2) is 4.98 Å². The largest absolute Gasteiger partial charge is 0.493 e. The Kier molecular flexibility index (Phi) is 6.61. The third-order valence-electron chi connectivity index (χ3n) is 4.30. The Morgan fingerprint density at radius 3 is 2.75 bits per heavy atom. The number of rotatable bonds is 9. The van der Waals surface area contributed by atoms with Crippen LogP contribution in [0.4, 0.5) is 0 Å². The predicted octanol–water partition coefficient (Wildman–Crippen LogP) is 2.50. The number of carbonyl (C=O) groups excluding carboxylic acids is 1. The van der Waals surface area contributed by atoms with Crippen molar-refractivity contribution in [1.29, 1.82) is 0 Å². The number of hydrogen-bond acceptors (Lipinski definition) is 4. The van der Waals surface area contributed by atoms with Crippen molar-refractivity contribution in [2.75, 3.05) is 33.3 Å². The van der Waals surface area contributed by atoms with Gasteiger partial charge in [0.15, 0.2) is 11.4 Å². The van der Waals surface area contributed by atoms with Crippen molar-refractivity contribution in [1.82, 2.24) is 19.6 Å². The van der Waals surface area contributed by atoms with Crippen LogP contribution >= 0.6 is 0 Å². The van der Waals surface area contributed by atoms with Gasteiger partial charge >= 0.3 is 0 Å². The zero-order chi connectivity index (χ0) is 17.5. The van der Waals surface area contributed by atoms with Crippen molar-refractivity contribution < 1.29 is 9.53 Å². The SMILES string of the molecule is CCN(CC)CCCCNC(=O)c1c(C)nc2c(OC)cccn12. The van der Waals surface area contributed by atoms with E-state index in [2.05, 4.69) is 29.0 Å². The molecule has 0 spiro atoms. The van der Waals surface area contributed by atoms with Crippen LogP contribution in [-0.4, -0.2) is 53.5 Å². The van der Waals surface area contributed by atoms with E-state index < -0.39 is 0 Å². The van der Waals surface area contributed by atoms with E-state index in [1.165, 1.54) is 0 Å². The number of hydrogen-bond donors (Lipinski definition) is 1. The molecule has 0 aliphatic rings. The maximum atomic E-state index is 12.5. The molecule has 1 amide bonds. The molecule has 6 heteroatoms. The number of fused-ring (bicyclic) bond motifs is 1. The Hall–Kier alpha value is -2.08. The van der Waals surface area contributed by atoms with Gasteiger partial charge in [-0.15, -0.1) is 0 Å².